The van der Waals surface area contributed by atoms with Crippen LogP contribution in [0.25, 0.3) is 0 Å². The molecule has 0 aliphatic carbocycles. The van der Waals surface area contributed by atoms with Crippen LogP contribution in [0.2, 0.25) is 0 Å². The van der Waals surface area contributed by atoms with Gasteiger partial charge in [0.1, 0.15) is 0 Å². The molecule has 0 fully saturated rings. The molecule has 0 saturated heterocycles. The van der Waals surface area contributed by atoms with Crippen molar-refractivity contribution in [2.75, 3.05) is 18.1 Å². The standard InChI is InChI=1S/C12H18O3S2/c1-3-17(14,15)12-7-5-4-6-11(12)16-9-10(2)8-13/h4-7,10,13H,3,8-9H2,1-2H3. The lowest BCUT2D eigenvalue weighted by atomic mass is 10.2. The van der Waals surface area contributed by atoms with E-state index in [0.717, 1.165) is 4.90 Å². The number of thioether (sulfide) groups is 1. The maximum atomic E-state index is 11.9. The van der Waals surface area contributed by atoms with E-state index < -0.39 is 9.84 Å². The van der Waals surface area contributed by atoms with Crippen molar-refractivity contribution in [3.63, 3.8) is 0 Å². The second-order valence-corrected chi connectivity index (χ2v) is 7.26. The molecule has 0 spiro atoms. The number of hydrogen-bond acceptors (Lipinski definition) is 4. The summed E-state index contributed by atoms with van der Waals surface area (Å²) >= 11 is 1.48. The minimum absolute atomic E-state index is 0.111. The lowest BCUT2D eigenvalue weighted by Crippen LogP contribution is -2.07. The molecule has 0 heterocycles. The molecule has 1 atom stereocenters. The van der Waals surface area contributed by atoms with E-state index in [1.54, 1.807) is 19.1 Å². The van der Waals surface area contributed by atoms with E-state index >= 15 is 0 Å². The lowest BCUT2D eigenvalue weighted by Gasteiger charge is -2.11. The van der Waals surface area contributed by atoms with Gasteiger partial charge in [0.25, 0.3) is 0 Å². The smallest absolute Gasteiger partial charge is 0.179 e. The minimum atomic E-state index is -3.17. The predicted molar refractivity (Wildman–Crippen MR) is 71.1 cm³/mol. The van der Waals surface area contributed by atoms with Gasteiger partial charge in [-0.3, -0.25) is 0 Å². The van der Waals surface area contributed by atoms with Crippen molar-refractivity contribution in [1.82, 2.24) is 0 Å². The fraction of sp³-hybridized carbons (Fsp3) is 0.500. The molecule has 0 radical (unpaired) electrons. The van der Waals surface area contributed by atoms with Crippen molar-refractivity contribution in [3.8, 4) is 0 Å². The largest absolute Gasteiger partial charge is 0.396 e. The monoisotopic (exact) mass is 274 g/mol. The Kier molecular flexibility index (Phi) is 5.49. The molecule has 0 aliphatic rings. The number of aliphatic hydroxyl groups is 1. The lowest BCUT2D eigenvalue weighted by molar-refractivity contribution is 0.250. The van der Waals surface area contributed by atoms with Gasteiger partial charge >= 0.3 is 0 Å². The summed E-state index contributed by atoms with van der Waals surface area (Å²) in [5.74, 6) is 0.991. The Hall–Kier alpha value is -0.520. The van der Waals surface area contributed by atoms with Crippen LogP contribution in [-0.2, 0) is 9.84 Å². The SMILES string of the molecule is CCS(=O)(=O)c1ccccc1SCC(C)CO. The average molecular weight is 274 g/mol. The van der Waals surface area contributed by atoms with Crippen molar-refractivity contribution >= 4 is 21.6 Å². The van der Waals surface area contributed by atoms with Crippen LogP contribution in [0.5, 0.6) is 0 Å². The molecule has 5 heteroatoms. The van der Waals surface area contributed by atoms with Crippen LogP contribution < -0.4 is 0 Å². The zero-order valence-corrected chi connectivity index (χ0v) is 11.7. The first-order valence-electron chi connectivity index (χ1n) is 5.56. The van der Waals surface area contributed by atoms with Gasteiger partial charge in [-0.2, -0.15) is 0 Å². The van der Waals surface area contributed by atoms with Crippen LogP contribution in [0, 0.1) is 5.92 Å². The molecule has 0 aromatic heterocycles. The highest BCUT2D eigenvalue weighted by atomic mass is 32.2. The Morgan fingerprint density at radius 2 is 2.00 bits per heavy atom. The highest BCUT2D eigenvalue weighted by Gasteiger charge is 2.16. The van der Waals surface area contributed by atoms with Gasteiger partial charge in [0, 0.05) is 17.3 Å². The molecule has 0 saturated carbocycles. The van der Waals surface area contributed by atoms with Crippen molar-refractivity contribution in [1.29, 1.82) is 0 Å². The molecular weight excluding hydrogens is 256 g/mol. The Morgan fingerprint density at radius 3 is 2.59 bits per heavy atom. The molecule has 96 valence electrons. The fourth-order valence-corrected chi connectivity index (χ4v) is 3.75. The van der Waals surface area contributed by atoms with Gasteiger partial charge in [-0.25, -0.2) is 8.42 Å². The van der Waals surface area contributed by atoms with Gasteiger partial charge in [0.05, 0.1) is 10.6 Å². The second kappa shape index (κ2) is 6.42. The second-order valence-electron chi connectivity index (χ2n) is 3.95. The Bertz CT molecular complexity index is 455. The molecule has 1 aromatic rings. The predicted octanol–water partition coefficient (Wildman–Crippen LogP) is 2.20. The summed E-state index contributed by atoms with van der Waals surface area (Å²) in [6.45, 7) is 3.70. The van der Waals surface area contributed by atoms with E-state index in [4.69, 9.17) is 5.11 Å². The molecular formula is C12H18O3S2. The molecule has 1 N–H and O–H groups in total. The highest BCUT2D eigenvalue weighted by molar-refractivity contribution is 8.00. The van der Waals surface area contributed by atoms with Crippen molar-refractivity contribution in [2.24, 2.45) is 5.92 Å². The van der Waals surface area contributed by atoms with Crippen LogP contribution >= 0.6 is 11.8 Å². The van der Waals surface area contributed by atoms with Crippen LogP contribution in [0.3, 0.4) is 0 Å². The van der Waals surface area contributed by atoms with Gasteiger partial charge in [0.2, 0.25) is 0 Å². The first-order chi connectivity index (χ1) is 8.01. The van der Waals surface area contributed by atoms with Crippen LogP contribution in [0.4, 0.5) is 0 Å². The normalized spacial score (nSPS) is 13.6. The Labute approximate surface area is 107 Å². The zero-order valence-electron chi connectivity index (χ0n) is 10.1. The van der Waals surface area contributed by atoms with Crippen molar-refractivity contribution in [3.05, 3.63) is 24.3 Å². The van der Waals surface area contributed by atoms with Gasteiger partial charge in [0.15, 0.2) is 9.84 Å². The van der Waals surface area contributed by atoms with Crippen molar-refractivity contribution < 1.29 is 13.5 Å². The maximum Gasteiger partial charge on any atom is 0.179 e. The molecule has 1 unspecified atom stereocenters. The number of aliphatic hydroxyl groups excluding tert-OH is 1. The Morgan fingerprint density at radius 1 is 1.35 bits per heavy atom. The summed E-state index contributed by atoms with van der Waals surface area (Å²) in [6, 6.07) is 7.03. The van der Waals surface area contributed by atoms with Crippen molar-refractivity contribution in [2.45, 2.75) is 23.6 Å². The van der Waals surface area contributed by atoms with E-state index in [1.807, 2.05) is 19.1 Å². The number of benzene rings is 1. The molecule has 3 nitrogen and oxygen atoms in total. The summed E-state index contributed by atoms with van der Waals surface area (Å²) in [7, 11) is -3.17. The molecule has 17 heavy (non-hydrogen) atoms. The average Bonchev–Trinajstić information content (AvgIpc) is 2.36. The molecule has 0 aliphatic heterocycles. The van der Waals surface area contributed by atoms with E-state index in [2.05, 4.69) is 0 Å². The summed E-state index contributed by atoms with van der Waals surface area (Å²) in [5, 5.41) is 8.96. The topological polar surface area (TPSA) is 54.4 Å². The van der Waals surface area contributed by atoms with Crippen LogP contribution in [0.1, 0.15) is 13.8 Å². The molecule has 0 amide bonds. The zero-order chi connectivity index (χ0) is 12.9. The summed E-state index contributed by atoms with van der Waals surface area (Å²) in [4.78, 5) is 1.17. The Balaban J connectivity index is 2.93. The first kappa shape index (κ1) is 14.5. The van der Waals surface area contributed by atoms with Gasteiger partial charge in [-0.1, -0.05) is 26.0 Å². The number of hydrogen-bond donors (Lipinski definition) is 1. The van der Waals surface area contributed by atoms with Crippen LogP contribution in [-0.4, -0.2) is 31.6 Å². The van der Waals surface area contributed by atoms with Gasteiger partial charge in [-0.15, -0.1) is 11.8 Å². The summed E-state index contributed by atoms with van der Waals surface area (Å²) in [6.07, 6.45) is 0. The van der Waals surface area contributed by atoms with Gasteiger partial charge < -0.3 is 5.11 Å². The third kappa shape index (κ3) is 4.01. The molecule has 0 bridgehead atoms. The first-order valence-corrected chi connectivity index (χ1v) is 8.20. The third-order valence-electron chi connectivity index (χ3n) is 2.40. The van der Waals surface area contributed by atoms with E-state index in [1.165, 1.54) is 11.8 Å². The minimum Gasteiger partial charge on any atom is -0.396 e. The molecule has 1 rings (SSSR count). The third-order valence-corrected chi connectivity index (χ3v) is 5.72. The summed E-state index contributed by atoms with van der Waals surface area (Å²) < 4.78 is 23.7. The fourth-order valence-electron chi connectivity index (χ4n) is 1.27. The number of sulfone groups is 1. The summed E-state index contributed by atoms with van der Waals surface area (Å²) in [5.41, 5.74) is 0. The maximum absolute atomic E-state index is 11.9. The van der Waals surface area contributed by atoms with E-state index in [-0.39, 0.29) is 18.3 Å². The van der Waals surface area contributed by atoms with E-state index in [0.29, 0.717) is 10.6 Å². The van der Waals surface area contributed by atoms with Crippen LogP contribution in [0.15, 0.2) is 34.1 Å². The molecule has 1 aromatic carbocycles. The number of rotatable bonds is 6. The quantitative estimate of drug-likeness (QED) is 0.808. The highest BCUT2D eigenvalue weighted by Crippen LogP contribution is 2.28. The van der Waals surface area contributed by atoms with E-state index in [9.17, 15) is 8.42 Å². The van der Waals surface area contributed by atoms with Gasteiger partial charge in [-0.05, 0) is 18.1 Å².